The molecule has 0 radical (unpaired) electrons. The molecule has 1 spiro atoms. The summed E-state index contributed by atoms with van der Waals surface area (Å²) in [5, 5.41) is 13.7. The third-order valence-corrected chi connectivity index (χ3v) is 8.48. The number of nitrogens with two attached hydrogens (primary N) is 1. The number of hydrogen-bond acceptors (Lipinski definition) is 7. The van der Waals surface area contributed by atoms with Crippen LogP contribution in [0.4, 0.5) is 13.2 Å². The summed E-state index contributed by atoms with van der Waals surface area (Å²) in [6.45, 7) is 0.787. The van der Waals surface area contributed by atoms with Crippen molar-refractivity contribution in [1.29, 1.82) is 0 Å². The maximum absolute atomic E-state index is 12.7. The number of piperidine rings is 1. The van der Waals surface area contributed by atoms with Gasteiger partial charge in [-0.2, -0.15) is 4.31 Å². The maximum Gasteiger partial charge on any atom is 0.573 e. The Kier molecular flexibility index (Phi) is 9.52. The molecule has 0 aliphatic carbocycles. The van der Waals surface area contributed by atoms with Gasteiger partial charge < -0.3 is 20.4 Å². The van der Waals surface area contributed by atoms with E-state index in [4.69, 9.17) is 38.9 Å². The van der Waals surface area contributed by atoms with Gasteiger partial charge in [-0.1, -0.05) is 34.4 Å². The van der Waals surface area contributed by atoms with Gasteiger partial charge in [-0.3, -0.25) is 0 Å². The number of aliphatic carboxylic acids is 1. The minimum absolute atomic E-state index is 0.0750. The summed E-state index contributed by atoms with van der Waals surface area (Å²) >= 11 is 11.5. The van der Waals surface area contributed by atoms with Gasteiger partial charge in [0.25, 0.3) is 0 Å². The predicted molar refractivity (Wildman–Crippen MR) is 134 cm³/mol. The second kappa shape index (κ2) is 12.1. The number of benzene rings is 2. The zero-order valence-corrected chi connectivity index (χ0v) is 22.1. The zero-order valence-electron chi connectivity index (χ0n) is 19.7. The Labute approximate surface area is 226 Å². The van der Waals surface area contributed by atoms with Crippen LogP contribution in [0.15, 0.2) is 52.5 Å². The van der Waals surface area contributed by atoms with Gasteiger partial charge in [0.2, 0.25) is 10.0 Å². The molecule has 0 bridgehead atoms. The van der Waals surface area contributed by atoms with E-state index in [0.717, 1.165) is 36.2 Å². The zero-order chi connectivity index (χ0) is 28.1. The molecule has 0 atom stereocenters. The molecule has 2 aliphatic rings. The molecule has 2 aromatic rings. The summed E-state index contributed by atoms with van der Waals surface area (Å²) in [6, 6.07) is 9.50. The number of ether oxygens (including phenoxy) is 1. The molecule has 0 unspecified atom stereocenters. The van der Waals surface area contributed by atoms with E-state index in [9.17, 15) is 26.4 Å². The van der Waals surface area contributed by atoms with Gasteiger partial charge in [-0.25, -0.2) is 13.2 Å². The second-order valence-corrected chi connectivity index (χ2v) is 11.3. The van der Waals surface area contributed by atoms with Gasteiger partial charge in [0.05, 0.1) is 14.9 Å². The van der Waals surface area contributed by atoms with Gasteiger partial charge in [0.1, 0.15) is 11.4 Å². The molecule has 9 nitrogen and oxygen atoms in total. The highest BCUT2D eigenvalue weighted by atomic mass is 35.5. The van der Waals surface area contributed by atoms with Gasteiger partial charge in [-0.05, 0) is 54.9 Å². The van der Waals surface area contributed by atoms with E-state index in [1.54, 1.807) is 6.07 Å². The third-order valence-electron chi connectivity index (χ3n) is 5.83. The van der Waals surface area contributed by atoms with Crippen molar-refractivity contribution in [2.24, 2.45) is 10.9 Å². The first-order chi connectivity index (χ1) is 17.7. The molecule has 2 aromatic carbocycles. The molecule has 1 saturated heterocycles. The molecule has 0 aromatic heterocycles. The molecule has 15 heteroatoms. The summed E-state index contributed by atoms with van der Waals surface area (Å²) < 4.78 is 66.8. The van der Waals surface area contributed by atoms with Crippen molar-refractivity contribution in [2.75, 3.05) is 19.6 Å². The molecule has 2 heterocycles. The lowest BCUT2D eigenvalue weighted by atomic mass is 9.88. The minimum Gasteiger partial charge on any atom is -0.477 e. The monoisotopic (exact) mass is 597 g/mol. The number of sulfonamides is 1. The highest BCUT2D eigenvalue weighted by Gasteiger charge is 2.45. The third kappa shape index (κ3) is 7.73. The van der Waals surface area contributed by atoms with Crippen molar-refractivity contribution >= 4 is 44.9 Å². The molecule has 208 valence electrons. The summed E-state index contributed by atoms with van der Waals surface area (Å²) in [7, 11) is -3.91. The Bertz CT molecular complexity index is 1280. The molecule has 0 amide bonds. The van der Waals surface area contributed by atoms with E-state index in [1.165, 1.54) is 4.31 Å². The van der Waals surface area contributed by atoms with Crippen LogP contribution in [0.25, 0.3) is 0 Å². The number of halogens is 5. The second-order valence-electron chi connectivity index (χ2n) is 8.50. The van der Waals surface area contributed by atoms with Crippen LogP contribution in [-0.2, 0) is 26.1 Å². The summed E-state index contributed by atoms with van der Waals surface area (Å²) in [6.07, 6.45) is -3.42. The first kappa shape index (κ1) is 30.0. The van der Waals surface area contributed by atoms with Gasteiger partial charge in [0.15, 0.2) is 5.71 Å². The molecule has 38 heavy (non-hydrogen) atoms. The Morgan fingerprint density at radius 2 is 1.76 bits per heavy atom. The molecule has 4 rings (SSSR count). The minimum atomic E-state index is -4.86. The van der Waals surface area contributed by atoms with E-state index in [1.807, 2.05) is 12.1 Å². The lowest BCUT2D eigenvalue weighted by Crippen LogP contribution is -2.47. The number of rotatable bonds is 6. The van der Waals surface area contributed by atoms with E-state index in [-0.39, 0.29) is 43.0 Å². The van der Waals surface area contributed by atoms with Crippen LogP contribution in [-0.4, -0.2) is 61.1 Å². The average molecular weight is 598 g/mol. The first-order valence-corrected chi connectivity index (χ1v) is 13.4. The molecular formula is C23H24Cl2F3N3O6S. The molecule has 3 N–H and O–H groups in total. The highest BCUT2D eigenvalue weighted by molar-refractivity contribution is 7.89. The fourth-order valence-corrected chi connectivity index (χ4v) is 5.62. The summed E-state index contributed by atoms with van der Waals surface area (Å²) in [5.74, 6) is -1.69. The Morgan fingerprint density at radius 3 is 2.26 bits per heavy atom. The van der Waals surface area contributed by atoms with Crippen LogP contribution in [0.5, 0.6) is 5.75 Å². The predicted octanol–water partition coefficient (Wildman–Crippen LogP) is 4.46. The number of nitrogens with zero attached hydrogens (tertiary/aromatic N) is 2. The molecule has 0 saturated carbocycles. The van der Waals surface area contributed by atoms with E-state index >= 15 is 0 Å². The topological polar surface area (TPSA) is 132 Å². The number of carboxylic acids is 1. The number of oxime groups is 1. The first-order valence-electron chi connectivity index (χ1n) is 11.2. The van der Waals surface area contributed by atoms with Gasteiger partial charge in [-0.15, -0.1) is 13.2 Å². The van der Waals surface area contributed by atoms with Crippen LogP contribution in [0, 0.1) is 0 Å². The maximum atomic E-state index is 12.7. The van der Waals surface area contributed by atoms with Crippen LogP contribution in [0.3, 0.4) is 0 Å². The SMILES string of the molecule is NCCc1ccc(Cl)c(Cl)c1.O=C(O)C1=NOC2(CCN(S(=O)(=O)c3ccc(OC(F)(F)F)cc3)CC2)C1. The lowest BCUT2D eigenvalue weighted by molar-refractivity contribution is -0.274. The van der Waals surface area contributed by atoms with Crippen LogP contribution in [0.2, 0.25) is 10.0 Å². The fraction of sp³-hybridized carbons (Fsp3) is 0.391. The Hall–Kier alpha value is -2.58. The normalized spacial score (nSPS) is 17.3. The number of alkyl halides is 3. The molecule has 1 fully saturated rings. The van der Waals surface area contributed by atoms with Gasteiger partial charge in [0, 0.05) is 32.4 Å². The van der Waals surface area contributed by atoms with Crippen LogP contribution < -0.4 is 10.5 Å². The van der Waals surface area contributed by atoms with E-state index < -0.39 is 33.7 Å². The van der Waals surface area contributed by atoms with Crippen LogP contribution >= 0.6 is 23.2 Å². The quantitative estimate of drug-likeness (QED) is 0.502. The number of carboxylic acid groups (broad SMARTS) is 1. The van der Waals surface area contributed by atoms with Gasteiger partial charge >= 0.3 is 12.3 Å². The Morgan fingerprint density at radius 1 is 1.13 bits per heavy atom. The number of carbonyl (C=O) groups is 1. The highest BCUT2D eigenvalue weighted by Crippen LogP contribution is 2.36. The van der Waals surface area contributed by atoms with Crippen molar-refractivity contribution in [2.45, 2.75) is 42.5 Å². The summed E-state index contributed by atoms with van der Waals surface area (Å²) in [5.41, 5.74) is 5.57. The Balaban J connectivity index is 0.000000304. The van der Waals surface area contributed by atoms with Crippen LogP contribution in [0.1, 0.15) is 24.8 Å². The van der Waals surface area contributed by atoms with Crippen molar-refractivity contribution in [3.8, 4) is 5.75 Å². The summed E-state index contributed by atoms with van der Waals surface area (Å²) in [4.78, 5) is 16.0. The fourth-order valence-electron chi connectivity index (χ4n) is 3.86. The van der Waals surface area contributed by atoms with E-state index in [2.05, 4.69) is 9.89 Å². The smallest absolute Gasteiger partial charge is 0.477 e. The largest absolute Gasteiger partial charge is 0.573 e. The number of hydrogen-bond donors (Lipinski definition) is 2. The van der Waals surface area contributed by atoms with Crippen molar-refractivity contribution in [3.05, 3.63) is 58.1 Å². The molecule has 2 aliphatic heterocycles. The average Bonchev–Trinajstić information content (AvgIpc) is 3.25. The lowest BCUT2D eigenvalue weighted by Gasteiger charge is -2.36. The van der Waals surface area contributed by atoms with E-state index in [0.29, 0.717) is 16.6 Å². The standard InChI is InChI=1S/C15H15F3N2O6S.C8H9Cl2N/c16-15(17,18)25-10-1-3-11(4-2-10)27(23,24)20-7-5-14(6-8-20)9-12(13(21)22)19-26-14;9-7-2-1-6(3-4-11)5-8(7)10/h1-4H,5-9H2,(H,21,22);1-2,5H,3-4,11H2. The van der Waals surface area contributed by atoms with Crippen molar-refractivity contribution < 1.29 is 41.1 Å². The van der Waals surface area contributed by atoms with Crippen molar-refractivity contribution in [1.82, 2.24) is 4.31 Å². The molecular weight excluding hydrogens is 574 g/mol. The van der Waals surface area contributed by atoms with Crippen molar-refractivity contribution in [3.63, 3.8) is 0 Å².